The van der Waals surface area contributed by atoms with Gasteiger partial charge in [-0.05, 0) is 56.9 Å². The highest BCUT2D eigenvalue weighted by molar-refractivity contribution is 5.76. The number of hydrogen-bond acceptors (Lipinski definition) is 2. The van der Waals surface area contributed by atoms with E-state index in [1.54, 1.807) is 16.8 Å². The first-order chi connectivity index (χ1) is 12.0. The first kappa shape index (κ1) is 17.6. The van der Waals surface area contributed by atoms with Crippen LogP contribution in [0.2, 0.25) is 0 Å². The molecule has 0 aliphatic heterocycles. The van der Waals surface area contributed by atoms with Crippen LogP contribution in [0.1, 0.15) is 42.6 Å². The molecule has 1 aliphatic carbocycles. The van der Waals surface area contributed by atoms with Crippen molar-refractivity contribution in [1.29, 1.82) is 0 Å². The predicted octanol–water partition coefficient (Wildman–Crippen LogP) is 3.65. The number of halogens is 1. The molecule has 0 radical (unpaired) electrons. The molecule has 1 heterocycles. The Morgan fingerprint density at radius 1 is 1.24 bits per heavy atom. The summed E-state index contributed by atoms with van der Waals surface area (Å²) in [5.41, 5.74) is 3.00. The number of benzene rings is 1. The zero-order chi connectivity index (χ0) is 17.8. The van der Waals surface area contributed by atoms with Crippen LogP contribution in [0, 0.1) is 19.7 Å². The summed E-state index contributed by atoms with van der Waals surface area (Å²) in [5, 5.41) is 4.41. The van der Waals surface area contributed by atoms with Crippen molar-refractivity contribution in [3.8, 4) is 0 Å². The summed E-state index contributed by atoms with van der Waals surface area (Å²) in [4.78, 5) is 15.0. The molecule has 1 aromatic heterocycles. The lowest BCUT2D eigenvalue weighted by Gasteiger charge is -2.29. The fraction of sp³-hybridized carbons (Fsp3) is 0.500. The molecule has 25 heavy (non-hydrogen) atoms. The fourth-order valence-electron chi connectivity index (χ4n) is 3.68. The molecular formula is C20H26FN3O. The van der Waals surface area contributed by atoms with Crippen LogP contribution in [0.4, 0.5) is 4.39 Å². The number of amides is 1. The molecule has 4 nitrogen and oxygen atoms in total. The van der Waals surface area contributed by atoms with Gasteiger partial charge >= 0.3 is 0 Å². The minimum absolute atomic E-state index is 0.125. The van der Waals surface area contributed by atoms with Gasteiger partial charge in [-0.2, -0.15) is 5.10 Å². The van der Waals surface area contributed by atoms with E-state index in [9.17, 15) is 9.18 Å². The van der Waals surface area contributed by atoms with Gasteiger partial charge in [-0.25, -0.2) is 4.39 Å². The van der Waals surface area contributed by atoms with Crippen LogP contribution >= 0.6 is 0 Å². The average Bonchev–Trinajstić information content (AvgIpc) is 3.20. The molecular weight excluding hydrogens is 317 g/mol. The molecule has 2 aromatic rings. The first-order valence-electron chi connectivity index (χ1n) is 9.08. The van der Waals surface area contributed by atoms with E-state index in [0.29, 0.717) is 19.1 Å². The van der Waals surface area contributed by atoms with Gasteiger partial charge in [0.25, 0.3) is 0 Å². The molecule has 134 valence electrons. The molecule has 0 unspecified atom stereocenters. The van der Waals surface area contributed by atoms with E-state index in [4.69, 9.17) is 0 Å². The van der Waals surface area contributed by atoms with E-state index in [-0.39, 0.29) is 11.7 Å². The Morgan fingerprint density at radius 2 is 1.92 bits per heavy atom. The topological polar surface area (TPSA) is 38.1 Å². The first-order valence-corrected chi connectivity index (χ1v) is 9.08. The molecule has 3 rings (SSSR count). The minimum Gasteiger partial charge on any atom is -0.338 e. The van der Waals surface area contributed by atoms with Gasteiger partial charge in [0.05, 0.1) is 5.69 Å². The van der Waals surface area contributed by atoms with Crippen LogP contribution in [0.5, 0.6) is 0 Å². The number of aromatic nitrogens is 2. The molecule has 0 atom stereocenters. The fourth-order valence-corrected chi connectivity index (χ4v) is 3.68. The Balaban J connectivity index is 1.68. The van der Waals surface area contributed by atoms with Gasteiger partial charge < -0.3 is 4.90 Å². The number of carbonyl (C=O) groups excluding carboxylic acids is 1. The molecule has 1 aromatic carbocycles. The van der Waals surface area contributed by atoms with Crippen molar-refractivity contribution in [2.45, 2.75) is 58.5 Å². The monoisotopic (exact) mass is 343 g/mol. The van der Waals surface area contributed by atoms with Crippen LogP contribution < -0.4 is 0 Å². The lowest BCUT2D eigenvalue weighted by molar-refractivity contribution is -0.134. The highest BCUT2D eigenvalue weighted by Gasteiger charge is 2.26. The number of nitrogens with zero attached hydrogens (tertiary/aromatic N) is 3. The summed E-state index contributed by atoms with van der Waals surface area (Å²) in [7, 11) is 0. The van der Waals surface area contributed by atoms with Crippen molar-refractivity contribution in [1.82, 2.24) is 14.7 Å². The van der Waals surface area contributed by atoms with Crippen LogP contribution in [0.3, 0.4) is 0 Å². The zero-order valence-electron chi connectivity index (χ0n) is 15.0. The summed E-state index contributed by atoms with van der Waals surface area (Å²) in [6.45, 7) is 4.89. The van der Waals surface area contributed by atoms with E-state index in [1.165, 1.54) is 25.0 Å². The maximum atomic E-state index is 13.1. The van der Waals surface area contributed by atoms with Gasteiger partial charge in [0, 0.05) is 18.3 Å². The normalized spacial score (nSPS) is 14.8. The molecule has 0 saturated heterocycles. The maximum absolute atomic E-state index is 13.1. The Bertz CT molecular complexity index is 717. The van der Waals surface area contributed by atoms with Crippen LogP contribution in [0.25, 0.3) is 0 Å². The number of hydrogen-bond donors (Lipinski definition) is 0. The zero-order valence-corrected chi connectivity index (χ0v) is 15.0. The summed E-state index contributed by atoms with van der Waals surface area (Å²) >= 11 is 0. The van der Waals surface area contributed by atoms with E-state index >= 15 is 0 Å². The van der Waals surface area contributed by atoms with Gasteiger partial charge in [0.1, 0.15) is 12.4 Å². The Hall–Kier alpha value is -2.17. The Labute approximate surface area is 148 Å². The third kappa shape index (κ3) is 4.47. The molecule has 1 saturated carbocycles. The lowest BCUT2D eigenvalue weighted by Crippen LogP contribution is -2.42. The molecule has 0 N–H and O–H groups in total. The second-order valence-corrected chi connectivity index (χ2v) is 6.99. The van der Waals surface area contributed by atoms with E-state index in [1.807, 2.05) is 24.8 Å². The largest absolute Gasteiger partial charge is 0.338 e. The number of aryl methyl sites for hydroxylation is 2. The second-order valence-electron chi connectivity index (χ2n) is 6.99. The quantitative estimate of drug-likeness (QED) is 0.803. The van der Waals surface area contributed by atoms with Crippen molar-refractivity contribution in [3.63, 3.8) is 0 Å². The molecule has 0 spiro atoms. The highest BCUT2D eigenvalue weighted by atomic mass is 19.1. The van der Waals surface area contributed by atoms with Crippen molar-refractivity contribution in [2.24, 2.45) is 0 Å². The molecule has 1 fully saturated rings. The summed E-state index contributed by atoms with van der Waals surface area (Å²) in [6, 6.07) is 8.87. The highest BCUT2D eigenvalue weighted by Crippen LogP contribution is 2.24. The third-order valence-corrected chi connectivity index (χ3v) is 5.03. The average molecular weight is 343 g/mol. The molecule has 5 heteroatoms. The van der Waals surface area contributed by atoms with Crippen molar-refractivity contribution >= 4 is 5.91 Å². The Kier molecular flexibility index (Phi) is 5.51. The maximum Gasteiger partial charge on any atom is 0.244 e. The van der Waals surface area contributed by atoms with E-state index < -0.39 is 0 Å². The van der Waals surface area contributed by atoms with Crippen LogP contribution in [-0.2, 0) is 17.8 Å². The molecule has 1 aliphatic rings. The molecule has 0 bridgehead atoms. The van der Waals surface area contributed by atoms with Gasteiger partial charge in [-0.3, -0.25) is 9.48 Å². The summed E-state index contributed by atoms with van der Waals surface area (Å²) < 4.78 is 14.9. The van der Waals surface area contributed by atoms with Gasteiger partial charge in [0.2, 0.25) is 5.91 Å². The van der Waals surface area contributed by atoms with Crippen LogP contribution in [0.15, 0.2) is 30.3 Å². The number of rotatable bonds is 6. The second kappa shape index (κ2) is 7.81. The van der Waals surface area contributed by atoms with Gasteiger partial charge in [-0.1, -0.05) is 25.0 Å². The standard InChI is InChI=1S/C20H26FN3O/c1-15-13-16(2)24(22-15)14-20(25)23(19-5-3-4-6-19)12-11-17-7-9-18(21)10-8-17/h7-10,13,19H,3-6,11-12,14H2,1-2H3. The van der Waals surface area contributed by atoms with Crippen LogP contribution in [-0.4, -0.2) is 33.2 Å². The van der Waals surface area contributed by atoms with E-state index in [0.717, 1.165) is 36.2 Å². The third-order valence-electron chi connectivity index (χ3n) is 5.03. The summed E-state index contributed by atoms with van der Waals surface area (Å²) in [5.74, 6) is -0.0998. The Morgan fingerprint density at radius 3 is 2.52 bits per heavy atom. The van der Waals surface area contributed by atoms with Crippen molar-refractivity contribution < 1.29 is 9.18 Å². The van der Waals surface area contributed by atoms with Gasteiger partial charge in [-0.15, -0.1) is 0 Å². The SMILES string of the molecule is Cc1cc(C)n(CC(=O)N(CCc2ccc(F)cc2)C2CCCC2)n1. The molecule has 1 amide bonds. The van der Waals surface area contributed by atoms with Gasteiger partial charge in [0.15, 0.2) is 0 Å². The van der Waals surface area contributed by atoms with Crippen molar-refractivity contribution in [2.75, 3.05) is 6.54 Å². The van der Waals surface area contributed by atoms with E-state index in [2.05, 4.69) is 5.10 Å². The van der Waals surface area contributed by atoms with Crippen molar-refractivity contribution in [3.05, 3.63) is 53.1 Å². The smallest absolute Gasteiger partial charge is 0.244 e. The summed E-state index contributed by atoms with van der Waals surface area (Å²) in [6.07, 6.45) is 5.27. The number of carbonyl (C=O) groups is 1. The predicted molar refractivity (Wildman–Crippen MR) is 95.8 cm³/mol. The minimum atomic E-state index is -0.225. The lowest BCUT2D eigenvalue weighted by atomic mass is 10.1.